The molecule has 0 saturated heterocycles. The van der Waals surface area contributed by atoms with Crippen molar-refractivity contribution < 1.29 is 9.53 Å². The fourth-order valence-corrected chi connectivity index (χ4v) is 1.92. The second-order valence-corrected chi connectivity index (χ2v) is 4.30. The first-order valence-corrected chi connectivity index (χ1v) is 5.94. The summed E-state index contributed by atoms with van der Waals surface area (Å²) in [4.78, 5) is 11.2. The summed E-state index contributed by atoms with van der Waals surface area (Å²) in [6.07, 6.45) is 0.846. The fourth-order valence-electron chi connectivity index (χ4n) is 1.27. The van der Waals surface area contributed by atoms with Gasteiger partial charge in [-0.05, 0) is 24.5 Å². The molecule has 0 aliphatic rings. The molecule has 1 rings (SSSR count). The number of halogens is 1. The maximum absolute atomic E-state index is 11.6. The molecule has 15 heavy (non-hydrogen) atoms. The molecule has 0 spiro atoms. The van der Waals surface area contributed by atoms with Crippen molar-refractivity contribution >= 4 is 21.9 Å². The monoisotopic (exact) mass is 270 g/mol. The minimum Gasteiger partial charge on any atom is -0.465 e. The van der Waals surface area contributed by atoms with Gasteiger partial charge in [0.1, 0.15) is 4.83 Å². The summed E-state index contributed by atoms with van der Waals surface area (Å²) in [5.41, 5.74) is 2.06. The summed E-state index contributed by atoms with van der Waals surface area (Å²) in [5, 5.41) is 0. The Morgan fingerprint density at radius 2 is 2.13 bits per heavy atom. The first-order chi connectivity index (χ1) is 7.16. The van der Waals surface area contributed by atoms with Gasteiger partial charge >= 0.3 is 5.97 Å². The molecule has 0 fully saturated rings. The highest BCUT2D eigenvalue weighted by atomic mass is 79.9. The number of hydrogen-bond acceptors (Lipinski definition) is 2. The lowest BCUT2D eigenvalue weighted by Gasteiger charge is -2.11. The molecular formula is C12H15BrO2. The van der Waals surface area contributed by atoms with Crippen LogP contribution in [-0.4, -0.2) is 12.6 Å². The normalized spacial score (nSPS) is 12.2. The van der Waals surface area contributed by atoms with Gasteiger partial charge in [-0.25, -0.2) is 0 Å². The van der Waals surface area contributed by atoms with Crippen LogP contribution in [0.25, 0.3) is 0 Å². The van der Waals surface area contributed by atoms with Gasteiger partial charge in [0.05, 0.1) is 6.61 Å². The molecule has 2 nitrogen and oxygen atoms in total. The lowest BCUT2D eigenvalue weighted by Crippen LogP contribution is -2.12. The molecule has 0 heterocycles. The van der Waals surface area contributed by atoms with Gasteiger partial charge in [-0.3, -0.25) is 4.79 Å². The molecule has 0 aliphatic carbocycles. The molecule has 1 atom stereocenters. The zero-order valence-corrected chi connectivity index (χ0v) is 10.6. The first kappa shape index (κ1) is 12.2. The van der Waals surface area contributed by atoms with Crippen molar-refractivity contribution in [3.05, 3.63) is 35.4 Å². The van der Waals surface area contributed by atoms with Crippen LogP contribution in [0.3, 0.4) is 0 Å². The number of ether oxygens (including phenoxy) is 1. The molecule has 0 radical (unpaired) electrons. The maximum atomic E-state index is 11.6. The van der Waals surface area contributed by atoms with Crippen molar-refractivity contribution in [2.24, 2.45) is 0 Å². The molecule has 0 bridgehead atoms. The molecule has 0 unspecified atom stereocenters. The Hall–Kier alpha value is -0.830. The van der Waals surface area contributed by atoms with Crippen molar-refractivity contribution in [1.82, 2.24) is 0 Å². The third-order valence-corrected chi connectivity index (χ3v) is 2.98. The average molecular weight is 271 g/mol. The minimum absolute atomic E-state index is 0.217. The smallest absolute Gasteiger partial charge is 0.324 e. The van der Waals surface area contributed by atoms with Gasteiger partial charge in [0.25, 0.3) is 0 Å². The Morgan fingerprint density at radius 3 is 2.73 bits per heavy atom. The first-order valence-electron chi connectivity index (χ1n) is 5.03. The Morgan fingerprint density at radius 1 is 1.47 bits per heavy atom. The van der Waals surface area contributed by atoms with Crippen molar-refractivity contribution in [3.63, 3.8) is 0 Å². The highest BCUT2D eigenvalue weighted by molar-refractivity contribution is 9.09. The van der Waals surface area contributed by atoms with Crippen LogP contribution in [-0.2, 0) is 9.53 Å². The highest BCUT2D eigenvalue weighted by Crippen LogP contribution is 2.26. The van der Waals surface area contributed by atoms with E-state index in [4.69, 9.17) is 4.74 Å². The minimum atomic E-state index is -0.356. The topological polar surface area (TPSA) is 26.3 Å². The third kappa shape index (κ3) is 3.34. The molecule has 0 saturated carbocycles. The van der Waals surface area contributed by atoms with E-state index < -0.39 is 0 Å². The number of rotatable bonds is 4. The maximum Gasteiger partial charge on any atom is 0.324 e. The number of alkyl halides is 1. The summed E-state index contributed by atoms with van der Waals surface area (Å²) in [7, 11) is 0. The Bertz CT molecular complexity index is 336. The lowest BCUT2D eigenvalue weighted by molar-refractivity contribution is -0.142. The van der Waals surface area contributed by atoms with Crippen molar-refractivity contribution in [1.29, 1.82) is 0 Å². The molecule has 1 aromatic carbocycles. The van der Waals surface area contributed by atoms with E-state index in [2.05, 4.69) is 15.9 Å². The van der Waals surface area contributed by atoms with Gasteiger partial charge in [-0.15, -0.1) is 0 Å². The van der Waals surface area contributed by atoms with Crippen molar-refractivity contribution in [3.8, 4) is 0 Å². The van der Waals surface area contributed by atoms with E-state index in [1.165, 1.54) is 0 Å². The van der Waals surface area contributed by atoms with Gasteiger partial charge in [0, 0.05) is 0 Å². The Kier molecular flexibility index (Phi) is 4.82. The van der Waals surface area contributed by atoms with Gasteiger partial charge in [0.2, 0.25) is 0 Å². The average Bonchev–Trinajstić information content (AvgIpc) is 2.25. The van der Waals surface area contributed by atoms with Gasteiger partial charge in [0.15, 0.2) is 0 Å². The number of aryl methyl sites for hydroxylation is 1. The number of benzene rings is 1. The van der Waals surface area contributed by atoms with E-state index in [-0.39, 0.29) is 10.8 Å². The molecule has 0 N–H and O–H groups in total. The zero-order chi connectivity index (χ0) is 11.3. The second-order valence-electron chi connectivity index (χ2n) is 3.39. The van der Waals surface area contributed by atoms with Crippen molar-refractivity contribution in [2.45, 2.75) is 25.1 Å². The summed E-state index contributed by atoms with van der Waals surface area (Å²) in [6, 6.07) is 7.79. The molecule has 3 heteroatoms. The summed E-state index contributed by atoms with van der Waals surface area (Å²) < 4.78 is 5.08. The van der Waals surface area contributed by atoms with Crippen LogP contribution >= 0.6 is 15.9 Å². The fraction of sp³-hybridized carbons (Fsp3) is 0.417. The molecular weight excluding hydrogens is 256 g/mol. The van der Waals surface area contributed by atoms with E-state index in [0.717, 1.165) is 17.5 Å². The lowest BCUT2D eigenvalue weighted by atomic mass is 10.1. The largest absolute Gasteiger partial charge is 0.465 e. The summed E-state index contributed by atoms with van der Waals surface area (Å²) in [6.45, 7) is 4.44. The van der Waals surface area contributed by atoms with Crippen LogP contribution in [0.5, 0.6) is 0 Å². The van der Waals surface area contributed by atoms with Crippen LogP contribution in [0.4, 0.5) is 0 Å². The molecule has 0 amide bonds. The Labute approximate surface area is 98.8 Å². The van der Waals surface area contributed by atoms with E-state index >= 15 is 0 Å². The van der Waals surface area contributed by atoms with Crippen LogP contribution in [0.2, 0.25) is 0 Å². The molecule has 0 aromatic heterocycles. The van der Waals surface area contributed by atoms with E-state index in [9.17, 15) is 4.79 Å². The number of carbonyl (C=O) groups is 1. The Balaban J connectivity index is 2.72. The predicted octanol–water partition coefficient (Wildman–Crippen LogP) is 3.38. The quantitative estimate of drug-likeness (QED) is 0.619. The summed E-state index contributed by atoms with van der Waals surface area (Å²) >= 11 is 3.36. The SMILES string of the molecule is CCCOC(=O)[C@H](Br)c1ccccc1C. The van der Waals surface area contributed by atoms with Crippen LogP contribution in [0, 0.1) is 6.92 Å². The highest BCUT2D eigenvalue weighted by Gasteiger charge is 2.19. The van der Waals surface area contributed by atoms with E-state index in [1.54, 1.807) is 0 Å². The van der Waals surface area contributed by atoms with E-state index in [1.807, 2.05) is 38.1 Å². The van der Waals surface area contributed by atoms with Gasteiger partial charge in [-0.1, -0.05) is 47.1 Å². The van der Waals surface area contributed by atoms with Crippen LogP contribution in [0.15, 0.2) is 24.3 Å². The third-order valence-electron chi connectivity index (χ3n) is 2.12. The van der Waals surface area contributed by atoms with Gasteiger partial charge < -0.3 is 4.74 Å². The number of carbonyl (C=O) groups excluding carboxylic acids is 1. The molecule has 1 aromatic rings. The van der Waals surface area contributed by atoms with E-state index in [0.29, 0.717) is 6.61 Å². The number of hydrogen-bond donors (Lipinski definition) is 0. The number of esters is 1. The predicted molar refractivity (Wildman–Crippen MR) is 64.1 cm³/mol. The zero-order valence-electron chi connectivity index (χ0n) is 9.00. The second kappa shape index (κ2) is 5.91. The van der Waals surface area contributed by atoms with Crippen LogP contribution < -0.4 is 0 Å². The molecule has 0 aliphatic heterocycles. The van der Waals surface area contributed by atoms with Gasteiger partial charge in [-0.2, -0.15) is 0 Å². The van der Waals surface area contributed by atoms with Crippen LogP contribution in [0.1, 0.15) is 29.3 Å². The van der Waals surface area contributed by atoms with Crippen molar-refractivity contribution in [2.75, 3.05) is 6.61 Å². The standard InChI is InChI=1S/C12H15BrO2/c1-3-8-15-12(14)11(13)10-7-5-4-6-9(10)2/h4-7,11H,3,8H2,1-2H3/t11-/m1/s1. The molecule has 82 valence electrons. The summed E-state index contributed by atoms with van der Waals surface area (Å²) in [5.74, 6) is -0.217.